The fraction of sp³-hybridized carbons (Fsp3) is 0.400. The Bertz CT molecular complexity index is 254. The molecular formula is C10H12Cl2O2. The van der Waals surface area contributed by atoms with E-state index in [0.717, 1.165) is 5.56 Å². The molecule has 0 radical (unpaired) electrons. The SMILES string of the molecule is OC[C@@H](Cl)[C@@H](Cl)OCc1ccccc1. The van der Waals surface area contributed by atoms with Gasteiger partial charge in [-0.05, 0) is 5.56 Å². The first-order chi connectivity index (χ1) is 6.74. The van der Waals surface area contributed by atoms with Crippen LogP contribution in [0.3, 0.4) is 0 Å². The number of rotatable bonds is 5. The molecule has 0 aliphatic rings. The average Bonchev–Trinajstić information content (AvgIpc) is 2.26. The molecular weight excluding hydrogens is 223 g/mol. The molecule has 0 saturated carbocycles. The summed E-state index contributed by atoms with van der Waals surface area (Å²) in [5, 5.41) is 8.14. The molecule has 2 atom stereocenters. The van der Waals surface area contributed by atoms with Crippen LogP contribution in [0, 0.1) is 0 Å². The van der Waals surface area contributed by atoms with Gasteiger partial charge in [0.25, 0.3) is 0 Å². The highest BCUT2D eigenvalue weighted by Gasteiger charge is 2.15. The molecule has 0 fully saturated rings. The Morgan fingerprint density at radius 1 is 1.21 bits per heavy atom. The molecule has 0 aliphatic carbocycles. The molecule has 2 nitrogen and oxygen atoms in total. The standard InChI is InChI=1S/C10H12Cl2O2/c11-9(6-13)10(12)14-7-8-4-2-1-3-5-8/h1-5,9-10,13H,6-7H2/t9-,10+/m1/s1. The van der Waals surface area contributed by atoms with Crippen LogP contribution in [-0.4, -0.2) is 22.7 Å². The number of hydrogen-bond acceptors (Lipinski definition) is 2. The van der Waals surface area contributed by atoms with Gasteiger partial charge in [-0.2, -0.15) is 0 Å². The zero-order valence-electron chi connectivity index (χ0n) is 7.57. The predicted octanol–water partition coefficient (Wildman–Crippen LogP) is 2.37. The van der Waals surface area contributed by atoms with Crippen molar-refractivity contribution in [3.63, 3.8) is 0 Å². The van der Waals surface area contributed by atoms with E-state index in [1.165, 1.54) is 0 Å². The van der Waals surface area contributed by atoms with Crippen molar-refractivity contribution in [2.24, 2.45) is 0 Å². The van der Waals surface area contributed by atoms with Crippen LogP contribution in [0.2, 0.25) is 0 Å². The number of ether oxygens (including phenoxy) is 1. The van der Waals surface area contributed by atoms with Crippen molar-refractivity contribution in [2.75, 3.05) is 6.61 Å². The first-order valence-electron chi connectivity index (χ1n) is 4.28. The van der Waals surface area contributed by atoms with E-state index >= 15 is 0 Å². The number of alkyl halides is 2. The average molecular weight is 235 g/mol. The van der Waals surface area contributed by atoms with Gasteiger partial charge in [0.1, 0.15) is 5.56 Å². The van der Waals surface area contributed by atoms with Crippen LogP contribution >= 0.6 is 23.2 Å². The van der Waals surface area contributed by atoms with Gasteiger partial charge in [-0.25, -0.2) is 0 Å². The largest absolute Gasteiger partial charge is 0.395 e. The topological polar surface area (TPSA) is 29.5 Å². The summed E-state index contributed by atoms with van der Waals surface area (Å²) in [7, 11) is 0. The second kappa shape index (κ2) is 6.25. The molecule has 14 heavy (non-hydrogen) atoms. The smallest absolute Gasteiger partial charge is 0.150 e. The first-order valence-corrected chi connectivity index (χ1v) is 5.16. The third-order valence-electron chi connectivity index (χ3n) is 1.71. The summed E-state index contributed by atoms with van der Waals surface area (Å²) in [6.45, 7) is 0.211. The van der Waals surface area contributed by atoms with E-state index in [1.54, 1.807) is 0 Å². The van der Waals surface area contributed by atoms with Crippen LogP contribution in [0.4, 0.5) is 0 Å². The summed E-state index contributed by atoms with van der Waals surface area (Å²) in [4.78, 5) is 0. The molecule has 0 aliphatic heterocycles. The molecule has 0 aromatic heterocycles. The van der Waals surface area contributed by atoms with Crippen LogP contribution in [-0.2, 0) is 11.3 Å². The van der Waals surface area contributed by atoms with Gasteiger partial charge >= 0.3 is 0 Å². The van der Waals surface area contributed by atoms with E-state index in [1.807, 2.05) is 30.3 Å². The first kappa shape index (κ1) is 11.8. The van der Waals surface area contributed by atoms with E-state index in [9.17, 15) is 0 Å². The van der Waals surface area contributed by atoms with Gasteiger partial charge in [0.15, 0.2) is 0 Å². The summed E-state index contributed by atoms with van der Waals surface area (Å²) in [6.07, 6.45) is 0. The molecule has 0 unspecified atom stereocenters. The molecule has 78 valence electrons. The molecule has 1 rings (SSSR count). The number of halogens is 2. The van der Waals surface area contributed by atoms with Crippen LogP contribution in [0.25, 0.3) is 0 Å². The van der Waals surface area contributed by atoms with Crippen LogP contribution in [0.15, 0.2) is 30.3 Å². The highest BCUT2D eigenvalue weighted by Crippen LogP contribution is 2.13. The van der Waals surface area contributed by atoms with Gasteiger partial charge in [0.05, 0.1) is 18.6 Å². The second-order valence-corrected chi connectivity index (χ2v) is 3.84. The number of benzene rings is 1. The minimum atomic E-state index is -0.665. The lowest BCUT2D eigenvalue weighted by molar-refractivity contribution is 0.0785. The Morgan fingerprint density at radius 2 is 1.86 bits per heavy atom. The molecule has 4 heteroatoms. The lowest BCUT2D eigenvalue weighted by atomic mass is 10.2. The van der Waals surface area contributed by atoms with Gasteiger partial charge in [-0.1, -0.05) is 41.9 Å². The highest BCUT2D eigenvalue weighted by molar-refractivity contribution is 6.29. The fourth-order valence-electron chi connectivity index (χ4n) is 0.937. The van der Waals surface area contributed by atoms with Crippen molar-refractivity contribution in [1.29, 1.82) is 0 Å². The summed E-state index contributed by atoms with van der Waals surface area (Å²) in [6, 6.07) is 9.65. The number of aliphatic hydroxyl groups excluding tert-OH is 1. The fourth-order valence-corrected chi connectivity index (χ4v) is 1.15. The zero-order valence-corrected chi connectivity index (χ0v) is 9.08. The Kier molecular flexibility index (Phi) is 5.26. The summed E-state index contributed by atoms with van der Waals surface area (Å²) < 4.78 is 5.25. The van der Waals surface area contributed by atoms with Gasteiger partial charge < -0.3 is 9.84 Å². The van der Waals surface area contributed by atoms with E-state index in [-0.39, 0.29) is 6.61 Å². The van der Waals surface area contributed by atoms with Gasteiger partial charge in [-0.3, -0.25) is 0 Å². The maximum absolute atomic E-state index is 8.71. The van der Waals surface area contributed by atoms with E-state index < -0.39 is 10.9 Å². The molecule has 1 aromatic rings. The normalized spacial score (nSPS) is 15.1. The minimum Gasteiger partial charge on any atom is -0.395 e. The quantitative estimate of drug-likeness (QED) is 0.794. The van der Waals surface area contributed by atoms with E-state index in [0.29, 0.717) is 6.61 Å². The van der Waals surface area contributed by atoms with Crippen LogP contribution in [0.1, 0.15) is 5.56 Å². The lowest BCUT2D eigenvalue weighted by Gasteiger charge is -2.14. The van der Waals surface area contributed by atoms with Crippen LogP contribution in [0.5, 0.6) is 0 Å². The van der Waals surface area contributed by atoms with Gasteiger partial charge in [-0.15, -0.1) is 11.6 Å². The van der Waals surface area contributed by atoms with Crippen molar-refractivity contribution in [1.82, 2.24) is 0 Å². The molecule has 1 aromatic carbocycles. The highest BCUT2D eigenvalue weighted by atomic mass is 35.5. The summed E-state index contributed by atoms with van der Waals surface area (Å²) >= 11 is 11.4. The van der Waals surface area contributed by atoms with Crippen molar-refractivity contribution in [3.05, 3.63) is 35.9 Å². The van der Waals surface area contributed by atoms with Crippen molar-refractivity contribution in [3.8, 4) is 0 Å². The number of aliphatic hydroxyl groups is 1. The Balaban J connectivity index is 2.34. The van der Waals surface area contributed by atoms with Gasteiger partial charge in [0.2, 0.25) is 0 Å². The predicted molar refractivity (Wildman–Crippen MR) is 57.6 cm³/mol. The Hall–Kier alpha value is -0.280. The third kappa shape index (κ3) is 3.84. The minimum absolute atomic E-state index is 0.190. The molecule has 0 saturated heterocycles. The van der Waals surface area contributed by atoms with E-state index in [2.05, 4.69) is 0 Å². The molecule has 1 N–H and O–H groups in total. The zero-order chi connectivity index (χ0) is 10.4. The van der Waals surface area contributed by atoms with Crippen molar-refractivity contribution >= 4 is 23.2 Å². The summed E-state index contributed by atoms with van der Waals surface area (Å²) in [5.74, 6) is 0. The van der Waals surface area contributed by atoms with Crippen molar-refractivity contribution in [2.45, 2.75) is 17.5 Å². The third-order valence-corrected chi connectivity index (χ3v) is 2.64. The van der Waals surface area contributed by atoms with Crippen molar-refractivity contribution < 1.29 is 9.84 Å². The maximum Gasteiger partial charge on any atom is 0.150 e. The molecule has 0 bridgehead atoms. The Morgan fingerprint density at radius 3 is 2.43 bits per heavy atom. The maximum atomic E-state index is 8.71. The Labute approximate surface area is 93.4 Å². The summed E-state index contributed by atoms with van der Waals surface area (Å²) in [5.41, 5.74) is 0.363. The number of hydrogen-bond donors (Lipinski definition) is 1. The van der Waals surface area contributed by atoms with Gasteiger partial charge in [0, 0.05) is 0 Å². The second-order valence-electron chi connectivity index (χ2n) is 2.85. The van der Waals surface area contributed by atoms with E-state index in [4.69, 9.17) is 33.0 Å². The van der Waals surface area contributed by atoms with Crippen LogP contribution < -0.4 is 0 Å². The molecule has 0 spiro atoms. The molecule has 0 heterocycles. The molecule has 0 amide bonds. The monoisotopic (exact) mass is 234 g/mol. The lowest BCUT2D eigenvalue weighted by Crippen LogP contribution is -2.21.